The van der Waals surface area contributed by atoms with Crippen LogP contribution in [0.3, 0.4) is 0 Å². The van der Waals surface area contributed by atoms with Gasteiger partial charge in [-0.05, 0) is 37.3 Å². The summed E-state index contributed by atoms with van der Waals surface area (Å²) in [4.78, 5) is 24.5. The van der Waals surface area contributed by atoms with E-state index in [1.54, 1.807) is 38.2 Å². The van der Waals surface area contributed by atoms with Gasteiger partial charge in [-0.25, -0.2) is 4.79 Å². The van der Waals surface area contributed by atoms with Gasteiger partial charge in [0.25, 0.3) is 5.91 Å². The highest BCUT2D eigenvalue weighted by Crippen LogP contribution is 2.28. The fourth-order valence-electron chi connectivity index (χ4n) is 2.43. The number of benzene rings is 1. The van der Waals surface area contributed by atoms with E-state index < -0.39 is 11.9 Å². The predicted octanol–water partition coefficient (Wildman–Crippen LogP) is 4.33. The first kappa shape index (κ1) is 20.8. The lowest BCUT2D eigenvalue weighted by atomic mass is 10.3. The SMILES string of the molecule is CCOC(=O)c1cnn(C)c1NC(=O)c1ccc(COc2ccc(Cl)cc2Cl)o1. The zero-order valence-electron chi connectivity index (χ0n) is 15.6. The molecule has 0 unspecified atom stereocenters. The molecule has 2 heterocycles. The van der Waals surface area contributed by atoms with Gasteiger partial charge in [-0.3, -0.25) is 9.48 Å². The summed E-state index contributed by atoms with van der Waals surface area (Å²) in [5, 5.41) is 7.45. The first-order chi connectivity index (χ1) is 13.9. The van der Waals surface area contributed by atoms with Crippen LogP contribution in [0, 0.1) is 0 Å². The van der Waals surface area contributed by atoms with E-state index in [0.717, 1.165) is 0 Å². The Morgan fingerprint density at radius 3 is 2.76 bits per heavy atom. The molecular formula is C19H17Cl2N3O5. The van der Waals surface area contributed by atoms with Gasteiger partial charge in [0.1, 0.15) is 29.5 Å². The molecule has 0 saturated carbocycles. The van der Waals surface area contributed by atoms with E-state index in [1.165, 1.54) is 16.9 Å². The number of carbonyl (C=O) groups excluding carboxylic acids is 2. The topological polar surface area (TPSA) is 95.6 Å². The van der Waals surface area contributed by atoms with Crippen molar-refractivity contribution in [1.29, 1.82) is 0 Å². The minimum Gasteiger partial charge on any atom is -0.484 e. The van der Waals surface area contributed by atoms with Crippen molar-refractivity contribution < 1.29 is 23.5 Å². The Morgan fingerprint density at radius 1 is 1.24 bits per heavy atom. The Kier molecular flexibility index (Phi) is 6.46. The first-order valence-corrected chi connectivity index (χ1v) is 9.31. The molecule has 0 spiro atoms. The van der Waals surface area contributed by atoms with E-state index >= 15 is 0 Å². The number of halogens is 2. The second kappa shape index (κ2) is 9.02. The van der Waals surface area contributed by atoms with Crippen LogP contribution in [0.5, 0.6) is 5.75 Å². The van der Waals surface area contributed by atoms with Crippen LogP contribution in [-0.4, -0.2) is 28.3 Å². The van der Waals surface area contributed by atoms with Crippen LogP contribution in [0.1, 0.15) is 33.6 Å². The first-order valence-electron chi connectivity index (χ1n) is 8.56. The van der Waals surface area contributed by atoms with Crippen molar-refractivity contribution >= 4 is 40.9 Å². The van der Waals surface area contributed by atoms with Crippen LogP contribution >= 0.6 is 23.2 Å². The number of nitrogens with zero attached hydrogens (tertiary/aromatic N) is 2. The van der Waals surface area contributed by atoms with Crippen LogP contribution in [0.2, 0.25) is 10.0 Å². The Balaban J connectivity index is 1.67. The van der Waals surface area contributed by atoms with Crippen molar-refractivity contribution in [3.05, 3.63) is 63.7 Å². The van der Waals surface area contributed by atoms with E-state index in [4.69, 9.17) is 37.1 Å². The van der Waals surface area contributed by atoms with Gasteiger partial charge in [-0.1, -0.05) is 23.2 Å². The number of amides is 1. The monoisotopic (exact) mass is 437 g/mol. The smallest absolute Gasteiger partial charge is 0.343 e. The second-order valence-electron chi connectivity index (χ2n) is 5.83. The molecule has 0 radical (unpaired) electrons. The van der Waals surface area contributed by atoms with Crippen molar-refractivity contribution in [3.8, 4) is 5.75 Å². The summed E-state index contributed by atoms with van der Waals surface area (Å²) in [5.41, 5.74) is 0.148. The summed E-state index contributed by atoms with van der Waals surface area (Å²) in [7, 11) is 1.59. The number of aryl methyl sites for hydroxylation is 1. The molecule has 0 aliphatic rings. The molecule has 0 atom stereocenters. The summed E-state index contributed by atoms with van der Waals surface area (Å²) in [6.45, 7) is 1.96. The molecular weight excluding hydrogens is 421 g/mol. The number of furan rings is 1. The number of hydrogen-bond donors (Lipinski definition) is 1. The average Bonchev–Trinajstić information content (AvgIpc) is 3.29. The largest absolute Gasteiger partial charge is 0.484 e. The van der Waals surface area contributed by atoms with Gasteiger partial charge in [-0.15, -0.1) is 0 Å². The highest BCUT2D eigenvalue weighted by molar-refractivity contribution is 6.35. The van der Waals surface area contributed by atoms with Crippen molar-refractivity contribution in [2.75, 3.05) is 11.9 Å². The quantitative estimate of drug-likeness (QED) is 0.552. The molecule has 0 aliphatic heterocycles. The third-order valence-electron chi connectivity index (χ3n) is 3.82. The standard InChI is InChI=1S/C19H17Cl2N3O5/c1-3-27-19(26)13-9-22-24(2)17(13)23-18(25)16-7-5-12(29-16)10-28-15-6-4-11(20)8-14(15)21/h4-9H,3,10H2,1-2H3,(H,23,25). The van der Waals surface area contributed by atoms with Crippen molar-refractivity contribution in [3.63, 3.8) is 0 Å². The lowest BCUT2D eigenvalue weighted by Crippen LogP contribution is -2.17. The predicted molar refractivity (Wildman–Crippen MR) is 107 cm³/mol. The van der Waals surface area contributed by atoms with Crippen LogP contribution in [0.4, 0.5) is 5.82 Å². The fraction of sp³-hybridized carbons (Fsp3) is 0.211. The number of anilines is 1. The molecule has 10 heteroatoms. The van der Waals surface area contributed by atoms with E-state index in [-0.39, 0.29) is 30.4 Å². The van der Waals surface area contributed by atoms with Crippen LogP contribution in [0.25, 0.3) is 0 Å². The summed E-state index contributed by atoms with van der Waals surface area (Å²) < 4.78 is 17.4. The third kappa shape index (κ3) is 4.90. The molecule has 2 aromatic heterocycles. The molecule has 1 N–H and O–H groups in total. The van der Waals surface area contributed by atoms with Gasteiger partial charge in [0, 0.05) is 12.1 Å². The van der Waals surface area contributed by atoms with Crippen LogP contribution in [0.15, 0.2) is 40.9 Å². The van der Waals surface area contributed by atoms with E-state index in [0.29, 0.717) is 21.6 Å². The highest BCUT2D eigenvalue weighted by Gasteiger charge is 2.21. The Hall–Kier alpha value is -2.97. The van der Waals surface area contributed by atoms with E-state index in [1.807, 2.05) is 0 Å². The Morgan fingerprint density at radius 2 is 2.03 bits per heavy atom. The number of aromatic nitrogens is 2. The maximum absolute atomic E-state index is 12.5. The lowest BCUT2D eigenvalue weighted by molar-refractivity contribution is 0.0527. The van der Waals surface area contributed by atoms with Crippen molar-refractivity contribution in [2.45, 2.75) is 13.5 Å². The normalized spacial score (nSPS) is 10.6. The number of hydrogen-bond acceptors (Lipinski definition) is 6. The van der Waals surface area contributed by atoms with Crippen molar-refractivity contribution in [1.82, 2.24) is 9.78 Å². The molecule has 0 saturated heterocycles. The van der Waals surface area contributed by atoms with Gasteiger partial charge >= 0.3 is 5.97 Å². The van der Waals surface area contributed by atoms with E-state index in [2.05, 4.69) is 10.4 Å². The average molecular weight is 438 g/mol. The molecule has 1 aromatic carbocycles. The van der Waals surface area contributed by atoms with Gasteiger partial charge in [0.2, 0.25) is 0 Å². The molecule has 0 bridgehead atoms. The van der Waals surface area contributed by atoms with Gasteiger partial charge < -0.3 is 19.2 Å². The molecule has 152 valence electrons. The minimum atomic E-state index is -0.579. The Bertz CT molecular complexity index is 1040. The number of rotatable bonds is 7. The number of nitrogens with one attached hydrogen (secondary N) is 1. The fourth-order valence-corrected chi connectivity index (χ4v) is 2.89. The van der Waals surface area contributed by atoms with Gasteiger partial charge in [0.15, 0.2) is 5.76 Å². The molecule has 8 nitrogen and oxygen atoms in total. The minimum absolute atomic E-state index is 0.0433. The van der Waals surface area contributed by atoms with E-state index in [9.17, 15) is 9.59 Å². The number of esters is 1. The molecule has 3 aromatic rings. The van der Waals surface area contributed by atoms with Gasteiger partial charge in [0.05, 0.1) is 17.8 Å². The zero-order chi connectivity index (χ0) is 21.0. The highest BCUT2D eigenvalue weighted by atomic mass is 35.5. The maximum Gasteiger partial charge on any atom is 0.343 e. The molecule has 29 heavy (non-hydrogen) atoms. The number of ether oxygens (including phenoxy) is 2. The summed E-state index contributed by atoms with van der Waals surface area (Å²) in [6, 6.07) is 7.96. The molecule has 3 rings (SSSR count). The van der Waals surface area contributed by atoms with Crippen LogP contribution in [-0.2, 0) is 18.4 Å². The van der Waals surface area contributed by atoms with Crippen molar-refractivity contribution in [2.24, 2.45) is 7.05 Å². The lowest BCUT2D eigenvalue weighted by Gasteiger charge is -2.07. The molecule has 0 fully saturated rings. The molecule has 0 aliphatic carbocycles. The van der Waals surface area contributed by atoms with Crippen LogP contribution < -0.4 is 10.1 Å². The summed E-state index contributed by atoms with van der Waals surface area (Å²) in [5.74, 6) is -0.0270. The Labute approximate surface area is 176 Å². The summed E-state index contributed by atoms with van der Waals surface area (Å²) in [6.07, 6.45) is 1.32. The third-order valence-corrected chi connectivity index (χ3v) is 4.35. The maximum atomic E-state index is 12.5. The summed E-state index contributed by atoms with van der Waals surface area (Å²) >= 11 is 11.9. The van der Waals surface area contributed by atoms with Gasteiger partial charge in [-0.2, -0.15) is 5.10 Å². The second-order valence-corrected chi connectivity index (χ2v) is 6.68. The molecule has 1 amide bonds. The zero-order valence-corrected chi connectivity index (χ0v) is 17.1. The number of carbonyl (C=O) groups is 2.